The van der Waals surface area contributed by atoms with Crippen molar-refractivity contribution < 1.29 is 4.42 Å². The van der Waals surface area contributed by atoms with E-state index in [0.717, 1.165) is 56.0 Å². The van der Waals surface area contributed by atoms with Gasteiger partial charge in [-0.2, -0.15) is 0 Å². The van der Waals surface area contributed by atoms with E-state index in [0.29, 0.717) is 0 Å². The van der Waals surface area contributed by atoms with Gasteiger partial charge < -0.3 is 9.32 Å². The quantitative estimate of drug-likeness (QED) is 0.135. The number of fused-ring (bicyclic) bond motifs is 4. The summed E-state index contributed by atoms with van der Waals surface area (Å²) in [6.45, 7) is 2.14. The van der Waals surface area contributed by atoms with Gasteiger partial charge in [0.25, 0.3) is 0 Å². The van der Waals surface area contributed by atoms with E-state index in [1.54, 1.807) is 0 Å². The second-order valence-corrected chi connectivity index (χ2v) is 17.3. The van der Waals surface area contributed by atoms with Crippen LogP contribution in [0.1, 0.15) is 5.56 Å². The average molecular weight is 856 g/mol. The minimum Gasteiger partial charge on any atom is -0.456 e. The lowest BCUT2D eigenvalue weighted by atomic mass is 9.89. The molecule has 0 saturated heterocycles. The summed E-state index contributed by atoms with van der Waals surface area (Å²) in [6.07, 6.45) is 0. The first-order chi connectivity index (χ1) is 33.1. The maximum atomic E-state index is 6.33. The first kappa shape index (κ1) is 39.8. The Morgan fingerprint density at radius 3 is 1.39 bits per heavy atom. The molecule has 2 heteroatoms. The van der Waals surface area contributed by atoms with E-state index in [2.05, 4.69) is 254 Å². The van der Waals surface area contributed by atoms with Crippen LogP contribution in [0.4, 0.5) is 17.1 Å². The topological polar surface area (TPSA) is 16.4 Å². The van der Waals surface area contributed by atoms with Crippen LogP contribution in [0.5, 0.6) is 0 Å². The van der Waals surface area contributed by atoms with Crippen LogP contribution in [-0.4, -0.2) is 0 Å². The summed E-state index contributed by atoms with van der Waals surface area (Å²) in [5.41, 5.74) is 18.3. The molecule has 0 aliphatic heterocycles. The fourth-order valence-electron chi connectivity index (χ4n) is 9.94. The van der Waals surface area contributed by atoms with Gasteiger partial charge in [0, 0.05) is 33.3 Å². The summed E-state index contributed by atoms with van der Waals surface area (Å²) in [6, 6.07) is 92.0. The van der Waals surface area contributed by atoms with Crippen molar-refractivity contribution in [3.8, 4) is 67.0 Å². The Bertz CT molecular complexity index is 3730. The van der Waals surface area contributed by atoms with Gasteiger partial charge in [0.05, 0.1) is 5.69 Å². The molecule has 1 heterocycles. The van der Waals surface area contributed by atoms with Crippen LogP contribution in [0, 0.1) is 6.92 Å². The maximum absolute atomic E-state index is 6.33. The molecule has 0 atom stereocenters. The van der Waals surface area contributed by atoms with Gasteiger partial charge in [0.1, 0.15) is 11.3 Å². The van der Waals surface area contributed by atoms with Crippen molar-refractivity contribution in [2.75, 3.05) is 4.90 Å². The fraction of sp³-hybridized carbons (Fsp3) is 0.0154. The van der Waals surface area contributed by atoms with E-state index in [1.165, 1.54) is 66.1 Å². The Hall–Kier alpha value is -8.72. The van der Waals surface area contributed by atoms with Gasteiger partial charge in [-0.3, -0.25) is 0 Å². The highest BCUT2D eigenvalue weighted by Crippen LogP contribution is 2.44. The largest absolute Gasteiger partial charge is 0.456 e. The molecule has 12 aromatic rings. The SMILES string of the molecule is Cc1c(-c2cccc(-c3ccc(-c4ccc(N(c5ccc(-c6ccccc6-c6ccccc6-c6ccccc6)cc5)c5cc6ccccc6c6ccccc56)cc4)cc3)c2)oc2ccccc12. The molecule has 0 aliphatic rings. The molecule has 1 aromatic heterocycles. The van der Waals surface area contributed by atoms with Crippen LogP contribution in [0.2, 0.25) is 0 Å². The number of benzene rings is 11. The summed E-state index contributed by atoms with van der Waals surface area (Å²) >= 11 is 0. The monoisotopic (exact) mass is 855 g/mol. The number of anilines is 3. The van der Waals surface area contributed by atoms with Gasteiger partial charge in [-0.25, -0.2) is 0 Å². The minimum absolute atomic E-state index is 0.918. The second kappa shape index (κ2) is 17.0. The number of aryl methyl sites for hydroxylation is 1. The Morgan fingerprint density at radius 2 is 0.746 bits per heavy atom. The summed E-state index contributed by atoms with van der Waals surface area (Å²) in [4.78, 5) is 2.42. The van der Waals surface area contributed by atoms with E-state index in [1.807, 2.05) is 12.1 Å². The third kappa shape index (κ3) is 7.35. The highest BCUT2D eigenvalue weighted by molar-refractivity contribution is 6.14. The van der Waals surface area contributed by atoms with Crippen molar-refractivity contribution >= 4 is 49.6 Å². The predicted molar refractivity (Wildman–Crippen MR) is 283 cm³/mol. The number of para-hydroxylation sites is 1. The number of furan rings is 1. The molecule has 0 aliphatic carbocycles. The van der Waals surface area contributed by atoms with Gasteiger partial charge in [-0.05, 0) is 121 Å². The number of hydrogen-bond acceptors (Lipinski definition) is 2. The standard InChI is InChI=1S/C65H45NO/c1-44-55-21-13-14-29-64(55)67-65(44)52-20-15-19-50(42-52)47-32-30-45(31-33-47)46-34-38-53(39-35-46)66(63-43-51-18-5-6-24-58(51)61-27-11-12-28-62(61)63)54-40-36-49(37-41-54)57-23-8-10-26-60(57)59-25-9-7-22-56(59)48-16-3-2-4-17-48/h2-43H,1H3. The van der Waals surface area contributed by atoms with Crippen LogP contribution in [-0.2, 0) is 0 Å². The molecule has 0 bridgehead atoms. The molecule has 0 radical (unpaired) electrons. The molecule has 0 amide bonds. The number of rotatable bonds is 9. The van der Waals surface area contributed by atoms with Crippen LogP contribution >= 0.6 is 0 Å². The van der Waals surface area contributed by atoms with Gasteiger partial charge in [-0.15, -0.1) is 0 Å². The lowest BCUT2D eigenvalue weighted by Gasteiger charge is -2.28. The Balaban J connectivity index is 0.906. The molecule has 0 saturated carbocycles. The van der Waals surface area contributed by atoms with Crippen LogP contribution in [0.25, 0.3) is 99.5 Å². The van der Waals surface area contributed by atoms with E-state index in [-0.39, 0.29) is 0 Å². The fourth-order valence-corrected chi connectivity index (χ4v) is 9.94. The number of hydrogen-bond donors (Lipinski definition) is 0. The smallest absolute Gasteiger partial charge is 0.138 e. The van der Waals surface area contributed by atoms with Crippen LogP contribution in [0.15, 0.2) is 259 Å². The Morgan fingerprint density at radius 1 is 0.299 bits per heavy atom. The van der Waals surface area contributed by atoms with Crippen molar-refractivity contribution in [3.05, 3.63) is 260 Å². The lowest BCUT2D eigenvalue weighted by Crippen LogP contribution is -2.10. The molecule has 12 rings (SSSR count). The summed E-state index contributed by atoms with van der Waals surface area (Å²) in [7, 11) is 0. The molecule has 11 aromatic carbocycles. The molecule has 67 heavy (non-hydrogen) atoms. The first-order valence-corrected chi connectivity index (χ1v) is 23.0. The number of nitrogens with zero attached hydrogens (tertiary/aromatic N) is 1. The Labute approximate surface area is 391 Å². The van der Waals surface area contributed by atoms with Crippen molar-refractivity contribution in [1.29, 1.82) is 0 Å². The van der Waals surface area contributed by atoms with Gasteiger partial charge >= 0.3 is 0 Å². The predicted octanol–water partition coefficient (Wildman–Crippen LogP) is 18.5. The summed E-state index contributed by atoms with van der Waals surface area (Å²) < 4.78 is 6.33. The minimum atomic E-state index is 0.918. The van der Waals surface area contributed by atoms with Gasteiger partial charge in [-0.1, -0.05) is 212 Å². The molecule has 2 nitrogen and oxygen atoms in total. The van der Waals surface area contributed by atoms with Crippen molar-refractivity contribution in [1.82, 2.24) is 0 Å². The van der Waals surface area contributed by atoms with Gasteiger partial charge in [0.2, 0.25) is 0 Å². The molecule has 0 fully saturated rings. The van der Waals surface area contributed by atoms with E-state index in [9.17, 15) is 0 Å². The maximum Gasteiger partial charge on any atom is 0.138 e. The lowest BCUT2D eigenvalue weighted by molar-refractivity contribution is 0.629. The zero-order chi connectivity index (χ0) is 44.7. The normalized spacial score (nSPS) is 11.4. The molecular weight excluding hydrogens is 811 g/mol. The van der Waals surface area contributed by atoms with Crippen molar-refractivity contribution in [2.45, 2.75) is 6.92 Å². The average Bonchev–Trinajstić information content (AvgIpc) is 3.75. The van der Waals surface area contributed by atoms with Crippen LogP contribution in [0.3, 0.4) is 0 Å². The summed E-state index contributed by atoms with van der Waals surface area (Å²) in [5, 5.41) is 6.05. The molecule has 0 spiro atoms. The zero-order valence-electron chi connectivity index (χ0n) is 37.1. The second-order valence-electron chi connectivity index (χ2n) is 17.3. The van der Waals surface area contributed by atoms with Crippen molar-refractivity contribution in [3.63, 3.8) is 0 Å². The molecule has 316 valence electrons. The third-order valence-corrected chi connectivity index (χ3v) is 13.3. The molecular formula is C65H45NO. The first-order valence-electron chi connectivity index (χ1n) is 23.0. The Kier molecular flexibility index (Phi) is 10.1. The van der Waals surface area contributed by atoms with E-state index < -0.39 is 0 Å². The third-order valence-electron chi connectivity index (χ3n) is 13.3. The molecule has 0 N–H and O–H groups in total. The highest BCUT2D eigenvalue weighted by Gasteiger charge is 2.19. The highest BCUT2D eigenvalue weighted by atomic mass is 16.3. The summed E-state index contributed by atoms with van der Waals surface area (Å²) in [5.74, 6) is 0.924. The van der Waals surface area contributed by atoms with E-state index >= 15 is 0 Å². The van der Waals surface area contributed by atoms with Crippen molar-refractivity contribution in [2.24, 2.45) is 0 Å². The zero-order valence-corrected chi connectivity index (χ0v) is 37.1. The van der Waals surface area contributed by atoms with Crippen LogP contribution < -0.4 is 4.90 Å². The van der Waals surface area contributed by atoms with Gasteiger partial charge in [0.15, 0.2) is 0 Å². The molecule has 0 unspecified atom stereocenters. The van der Waals surface area contributed by atoms with E-state index in [4.69, 9.17) is 4.42 Å².